The summed E-state index contributed by atoms with van der Waals surface area (Å²) in [7, 11) is 0. The minimum absolute atomic E-state index is 0.183. The van der Waals surface area contributed by atoms with Gasteiger partial charge in [-0.25, -0.2) is 4.79 Å². The van der Waals surface area contributed by atoms with Crippen molar-refractivity contribution in [1.82, 2.24) is 0 Å². The molecule has 0 aromatic heterocycles. The van der Waals surface area contributed by atoms with Crippen LogP contribution < -0.4 is 0 Å². The number of rotatable bonds is 6. The van der Waals surface area contributed by atoms with Crippen molar-refractivity contribution in [3.8, 4) is 0 Å². The molecule has 0 saturated carbocycles. The average molecular weight is 246 g/mol. The van der Waals surface area contributed by atoms with Crippen LogP contribution in [0.25, 0.3) is 0 Å². The SMILES string of the molecule is CCC/C(Cc1ccccc1)=C(\C)C(=O)OCC. The lowest BCUT2D eigenvalue weighted by Gasteiger charge is -2.11. The van der Waals surface area contributed by atoms with Gasteiger partial charge in [0.25, 0.3) is 0 Å². The number of carbonyl (C=O) groups is 1. The van der Waals surface area contributed by atoms with E-state index in [2.05, 4.69) is 19.1 Å². The molecule has 0 heterocycles. The van der Waals surface area contributed by atoms with Gasteiger partial charge in [-0.3, -0.25) is 0 Å². The molecule has 2 nitrogen and oxygen atoms in total. The molecule has 98 valence electrons. The maximum atomic E-state index is 11.8. The molecule has 2 heteroatoms. The molecule has 0 aliphatic rings. The fraction of sp³-hybridized carbons (Fsp3) is 0.438. The standard InChI is InChI=1S/C16H22O2/c1-4-9-15(13(3)16(17)18-5-2)12-14-10-7-6-8-11-14/h6-8,10-11H,4-5,9,12H2,1-3H3/b15-13-. The highest BCUT2D eigenvalue weighted by Gasteiger charge is 2.11. The Balaban J connectivity index is 2.87. The topological polar surface area (TPSA) is 26.3 Å². The molecule has 1 aromatic rings. The molecule has 0 unspecified atom stereocenters. The molecule has 0 radical (unpaired) electrons. The molecular weight excluding hydrogens is 224 g/mol. The average Bonchev–Trinajstić information content (AvgIpc) is 2.39. The molecule has 0 amide bonds. The summed E-state index contributed by atoms with van der Waals surface area (Å²) in [6, 6.07) is 10.2. The molecule has 0 aliphatic carbocycles. The van der Waals surface area contributed by atoms with Crippen LogP contribution in [-0.2, 0) is 16.0 Å². The van der Waals surface area contributed by atoms with Crippen LogP contribution in [0.2, 0.25) is 0 Å². The zero-order chi connectivity index (χ0) is 13.4. The monoisotopic (exact) mass is 246 g/mol. The number of ether oxygens (including phenoxy) is 1. The molecule has 0 bridgehead atoms. The Morgan fingerprint density at radius 2 is 1.83 bits per heavy atom. The summed E-state index contributed by atoms with van der Waals surface area (Å²) in [6.45, 7) is 6.26. The zero-order valence-corrected chi connectivity index (χ0v) is 11.5. The van der Waals surface area contributed by atoms with Crippen LogP contribution in [-0.4, -0.2) is 12.6 Å². The minimum Gasteiger partial charge on any atom is -0.463 e. The molecule has 0 N–H and O–H groups in total. The molecule has 18 heavy (non-hydrogen) atoms. The van der Waals surface area contributed by atoms with Gasteiger partial charge in [0.2, 0.25) is 0 Å². The van der Waals surface area contributed by atoms with Gasteiger partial charge >= 0.3 is 5.97 Å². The third kappa shape index (κ3) is 4.36. The second kappa shape index (κ2) is 7.70. The van der Waals surface area contributed by atoms with E-state index in [1.54, 1.807) is 0 Å². The number of hydrogen-bond acceptors (Lipinski definition) is 2. The second-order valence-electron chi connectivity index (χ2n) is 4.36. The van der Waals surface area contributed by atoms with Crippen molar-refractivity contribution in [1.29, 1.82) is 0 Å². The molecule has 0 saturated heterocycles. The largest absolute Gasteiger partial charge is 0.463 e. The van der Waals surface area contributed by atoms with E-state index in [9.17, 15) is 4.79 Å². The molecule has 0 aliphatic heterocycles. The summed E-state index contributed by atoms with van der Waals surface area (Å²) in [5, 5.41) is 0. The van der Waals surface area contributed by atoms with Crippen molar-refractivity contribution in [3.63, 3.8) is 0 Å². The zero-order valence-electron chi connectivity index (χ0n) is 11.5. The van der Waals surface area contributed by atoms with Crippen molar-refractivity contribution in [3.05, 3.63) is 47.0 Å². The van der Waals surface area contributed by atoms with E-state index in [4.69, 9.17) is 4.74 Å². The Hall–Kier alpha value is -1.57. The van der Waals surface area contributed by atoms with E-state index in [0.29, 0.717) is 6.61 Å². The van der Waals surface area contributed by atoms with Crippen LogP contribution in [0.5, 0.6) is 0 Å². The van der Waals surface area contributed by atoms with Crippen LogP contribution in [0.4, 0.5) is 0 Å². The Bertz CT molecular complexity index is 404. The first-order chi connectivity index (χ1) is 8.69. The third-order valence-electron chi connectivity index (χ3n) is 2.92. The van der Waals surface area contributed by atoms with E-state index in [1.165, 1.54) is 11.1 Å². The highest BCUT2D eigenvalue weighted by molar-refractivity contribution is 5.88. The molecule has 1 aromatic carbocycles. The molecule has 1 rings (SSSR count). The van der Waals surface area contributed by atoms with Gasteiger partial charge in [0.15, 0.2) is 0 Å². The lowest BCUT2D eigenvalue weighted by molar-refractivity contribution is -0.138. The highest BCUT2D eigenvalue weighted by Crippen LogP contribution is 2.18. The molecule has 0 fully saturated rings. The first-order valence-corrected chi connectivity index (χ1v) is 6.58. The first kappa shape index (κ1) is 14.5. The van der Waals surface area contributed by atoms with Gasteiger partial charge in [-0.1, -0.05) is 49.2 Å². The van der Waals surface area contributed by atoms with Gasteiger partial charge < -0.3 is 4.74 Å². The predicted octanol–water partition coefficient (Wildman–Crippen LogP) is 3.91. The molecular formula is C16H22O2. The van der Waals surface area contributed by atoms with Gasteiger partial charge in [0.1, 0.15) is 0 Å². The lowest BCUT2D eigenvalue weighted by Crippen LogP contribution is -2.09. The third-order valence-corrected chi connectivity index (χ3v) is 2.92. The van der Waals surface area contributed by atoms with Crippen LogP contribution in [0.3, 0.4) is 0 Å². The van der Waals surface area contributed by atoms with Crippen molar-refractivity contribution >= 4 is 5.97 Å². The van der Waals surface area contributed by atoms with E-state index < -0.39 is 0 Å². The smallest absolute Gasteiger partial charge is 0.333 e. The van der Waals surface area contributed by atoms with Gasteiger partial charge in [0.05, 0.1) is 6.61 Å². The van der Waals surface area contributed by atoms with Crippen molar-refractivity contribution < 1.29 is 9.53 Å². The molecule has 0 spiro atoms. The lowest BCUT2D eigenvalue weighted by atomic mass is 9.97. The Morgan fingerprint density at radius 3 is 2.39 bits per heavy atom. The summed E-state index contributed by atoms with van der Waals surface area (Å²) in [4.78, 5) is 11.8. The first-order valence-electron chi connectivity index (χ1n) is 6.58. The molecule has 0 atom stereocenters. The maximum Gasteiger partial charge on any atom is 0.333 e. The van der Waals surface area contributed by atoms with E-state index in [1.807, 2.05) is 32.0 Å². The Kier molecular flexibility index (Phi) is 6.20. The summed E-state index contributed by atoms with van der Waals surface area (Å²) < 4.78 is 5.07. The van der Waals surface area contributed by atoms with E-state index in [-0.39, 0.29) is 5.97 Å². The predicted molar refractivity (Wildman–Crippen MR) is 74.4 cm³/mol. The van der Waals surface area contributed by atoms with Crippen molar-refractivity contribution in [2.45, 2.75) is 40.0 Å². The number of allylic oxidation sites excluding steroid dienone is 1. The highest BCUT2D eigenvalue weighted by atomic mass is 16.5. The van der Waals surface area contributed by atoms with E-state index in [0.717, 1.165) is 24.8 Å². The Morgan fingerprint density at radius 1 is 1.17 bits per heavy atom. The summed E-state index contributed by atoms with van der Waals surface area (Å²) >= 11 is 0. The van der Waals surface area contributed by atoms with Gasteiger partial charge in [-0.15, -0.1) is 0 Å². The number of carbonyl (C=O) groups excluding carboxylic acids is 1. The fourth-order valence-electron chi connectivity index (χ4n) is 1.94. The van der Waals surface area contributed by atoms with Gasteiger partial charge in [0, 0.05) is 5.57 Å². The number of hydrogen-bond donors (Lipinski definition) is 0. The van der Waals surface area contributed by atoms with E-state index >= 15 is 0 Å². The Labute approximate surface area is 110 Å². The van der Waals surface area contributed by atoms with Crippen LogP contribution in [0.15, 0.2) is 41.5 Å². The summed E-state index contributed by atoms with van der Waals surface area (Å²) in [5.41, 5.74) is 3.19. The maximum absolute atomic E-state index is 11.8. The van der Waals surface area contributed by atoms with Crippen molar-refractivity contribution in [2.75, 3.05) is 6.61 Å². The van der Waals surface area contributed by atoms with Crippen LogP contribution >= 0.6 is 0 Å². The quantitative estimate of drug-likeness (QED) is 0.562. The fourth-order valence-corrected chi connectivity index (χ4v) is 1.94. The normalized spacial score (nSPS) is 11.9. The summed E-state index contributed by atoms with van der Waals surface area (Å²) in [5.74, 6) is -0.183. The van der Waals surface area contributed by atoms with Gasteiger partial charge in [-0.2, -0.15) is 0 Å². The minimum atomic E-state index is -0.183. The van der Waals surface area contributed by atoms with Crippen LogP contribution in [0.1, 0.15) is 39.2 Å². The summed E-state index contributed by atoms with van der Waals surface area (Å²) in [6.07, 6.45) is 2.82. The van der Waals surface area contributed by atoms with Crippen molar-refractivity contribution in [2.24, 2.45) is 0 Å². The van der Waals surface area contributed by atoms with Crippen LogP contribution in [0, 0.1) is 0 Å². The number of esters is 1. The number of benzene rings is 1. The van der Waals surface area contributed by atoms with Gasteiger partial charge in [-0.05, 0) is 32.3 Å². The second-order valence-corrected chi connectivity index (χ2v) is 4.36.